The summed E-state index contributed by atoms with van der Waals surface area (Å²) in [6, 6.07) is 0.894. The lowest BCUT2D eigenvalue weighted by Gasteiger charge is -2.44. The van der Waals surface area contributed by atoms with E-state index in [0.29, 0.717) is 0 Å². The number of piperidine rings is 2. The van der Waals surface area contributed by atoms with E-state index < -0.39 is 0 Å². The van der Waals surface area contributed by atoms with Gasteiger partial charge in [-0.2, -0.15) is 0 Å². The Morgan fingerprint density at radius 2 is 1.73 bits per heavy atom. The van der Waals surface area contributed by atoms with E-state index in [1.165, 1.54) is 51.6 Å². The molecule has 2 N–H and O–H groups in total. The minimum Gasteiger partial charge on any atom is -0.330 e. The number of rotatable bonds is 2. The van der Waals surface area contributed by atoms with E-state index in [1.807, 2.05) is 0 Å². The van der Waals surface area contributed by atoms with E-state index in [1.54, 1.807) is 0 Å². The van der Waals surface area contributed by atoms with Gasteiger partial charge in [0, 0.05) is 6.04 Å². The first-order valence-electron chi connectivity index (χ1n) is 5.86. The van der Waals surface area contributed by atoms with Gasteiger partial charge in [0.1, 0.15) is 0 Å². The number of hydrogen-bond donors (Lipinski definition) is 1. The van der Waals surface area contributed by atoms with Crippen LogP contribution in [0.1, 0.15) is 38.5 Å². The summed E-state index contributed by atoms with van der Waals surface area (Å²) in [5.74, 6) is 0.916. The van der Waals surface area contributed by atoms with Crippen LogP contribution in [-0.4, -0.2) is 30.6 Å². The second-order valence-corrected chi connectivity index (χ2v) is 4.58. The SMILES string of the molecule is Cl.Cl.NCC[C@@H]1CCCN2CCCC[C@H]12. The van der Waals surface area contributed by atoms with Crippen LogP contribution < -0.4 is 5.73 Å². The predicted octanol–water partition coefficient (Wildman–Crippen LogP) is 2.44. The molecular weight excluding hydrogens is 231 g/mol. The van der Waals surface area contributed by atoms with E-state index in [2.05, 4.69) is 4.90 Å². The largest absolute Gasteiger partial charge is 0.330 e. The number of nitrogens with zero attached hydrogens (tertiary/aromatic N) is 1. The molecule has 0 saturated carbocycles. The molecule has 0 aromatic carbocycles. The summed E-state index contributed by atoms with van der Waals surface area (Å²) in [4.78, 5) is 2.72. The summed E-state index contributed by atoms with van der Waals surface area (Å²) >= 11 is 0. The number of fused-ring (bicyclic) bond motifs is 1. The van der Waals surface area contributed by atoms with Crippen LogP contribution in [0.2, 0.25) is 0 Å². The highest BCUT2D eigenvalue weighted by molar-refractivity contribution is 5.85. The molecule has 0 aromatic rings. The second-order valence-electron chi connectivity index (χ2n) is 4.58. The van der Waals surface area contributed by atoms with Crippen molar-refractivity contribution in [3.8, 4) is 0 Å². The Bertz CT molecular complexity index is 163. The topological polar surface area (TPSA) is 29.3 Å². The molecule has 4 heteroatoms. The molecule has 0 aliphatic carbocycles. The summed E-state index contributed by atoms with van der Waals surface area (Å²) < 4.78 is 0. The number of halogens is 2. The highest BCUT2D eigenvalue weighted by Crippen LogP contribution is 2.32. The average molecular weight is 255 g/mol. The molecule has 2 heterocycles. The monoisotopic (exact) mass is 254 g/mol. The van der Waals surface area contributed by atoms with Gasteiger partial charge in [-0.3, -0.25) is 0 Å². The Morgan fingerprint density at radius 3 is 2.47 bits per heavy atom. The van der Waals surface area contributed by atoms with Gasteiger partial charge in [-0.05, 0) is 57.7 Å². The molecule has 2 aliphatic heterocycles. The molecule has 0 unspecified atom stereocenters. The van der Waals surface area contributed by atoms with Gasteiger partial charge in [0.05, 0.1) is 0 Å². The van der Waals surface area contributed by atoms with Gasteiger partial charge >= 0.3 is 0 Å². The van der Waals surface area contributed by atoms with Crippen LogP contribution in [0.4, 0.5) is 0 Å². The van der Waals surface area contributed by atoms with Crippen molar-refractivity contribution in [1.82, 2.24) is 4.90 Å². The molecule has 92 valence electrons. The molecule has 0 amide bonds. The Hall–Kier alpha value is 0.500. The molecule has 2 aliphatic rings. The maximum atomic E-state index is 5.66. The zero-order valence-electron chi connectivity index (χ0n) is 9.36. The lowest BCUT2D eigenvalue weighted by atomic mass is 9.82. The fourth-order valence-electron chi connectivity index (χ4n) is 3.13. The number of nitrogens with two attached hydrogens (primary N) is 1. The van der Waals surface area contributed by atoms with E-state index >= 15 is 0 Å². The molecule has 2 atom stereocenters. The van der Waals surface area contributed by atoms with Crippen molar-refractivity contribution in [3.05, 3.63) is 0 Å². The second kappa shape index (κ2) is 7.72. The van der Waals surface area contributed by atoms with Crippen LogP contribution >= 0.6 is 24.8 Å². The third kappa shape index (κ3) is 3.77. The summed E-state index contributed by atoms with van der Waals surface area (Å²) in [5.41, 5.74) is 5.66. The van der Waals surface area contributed by atoms with Crippen LogP contribution in [0, 0.1) is 5.92 Å². The van der Waals surface area contributed by atoms with Gasteiger partial charge in [-0.15, -0.1) is 24.8 Å². The first-order valence-corrected chi connectivity index (χ1v) is 5.86. The van der Waals surface area contributed by atoms with E-state index in [0.717, 1.165) is 18.5 Å². The summed E-state index contributed by atoms with van der Waals surface area (Å²) in [7, 11) is 0. The first kappa shape index (κ1) is 15.5. The molecular formula is C11H24Cl2N2. The van der Waals surface area contributed by atoms with Crippen LogP contribution in [0.25, 0.3) is 0 Å². The van der Waals surface area contributed by atoms with Crippen molar-refractivity contribution in [3.63, 3.8) is 0 Å². The molecule has 0 bridgehead atoms. The lowest BCUT2D eigenvalue weighted by molar-refractivity contribution is 0.0569. The molecule has 0 radical (unpaired) electrons. The van der Waals surface area contributed by atoms with Crippen molar-refractivity contribution in [2.75, 3.05) is 19.6 Å². The summed E-state index contributed by atoms with van der Waals surface area (Å²) in [6.07, 6.45) is 8.39. The van der Waals surface area contributed by atoms with Gasteiger partial charge in [0.15, 0.2) is 0 Å². The van der Waals surface area contributed by atoms with Crippen molar-refractivity contribution < 1.29 is 0 Å². The van der Waals surface area contributed by atoms with Gasteiger partial charge in [0.2, 0.25) is 0 Å². The van der Waals surface area contributed by atoms with Gasteiger partial charge in [-0.25, -0.2) is 0 Å². The van der Waals surface area contributed by atoms with Crippen molar-refractivity contribution in [2.24, 2.45) is 11.7 Å². The highest BCUT2D eigenvalue weighted by Gasteiger charge is 2.31. The Labute approximate surface area is 106 Å². The molecule has 2 nitrogen and oxygen atoms in total. The third-order valence-electron chi connectivity index (χ3n) is 3.77. The summed E-state index contributed by atoms with van der Waals surface area (Å²) in [6.45, 7) is 3.59. The van der Waals surface area contributed by atoms with E-state index in [4.69, 9.17) is 5.73 Å². The minimum atomic E-state index is 0. The zero-order valence-corrected chi connectivity index (χ0v) is 11.0. The van der Waals surface area contributed by atoms with Gasteiger partial charge in [0.25, 0.3) is 0 Å². The molecule has 15 heavy (non-hydrogen) atoms. The molecule has 0 aromatic heterocycles. The third-order valence-corrected chi connectivity index (χ3v) is 3.77. The van der Waals surface area contributed by atoms with Crippen molar-refractivity contribution >= 4 is 24.8 Å². The molecule has 2 saturated heterocycles. The van der Waals surface area contributed by atoms with Crippen molar-refractivity contribution in [1.29, 1.82) is 0 Å². The smallest absolute Gasteiger partial charge is 0.0124 e. The van der Waals surface area contributed by atoms with Crippen molar-refractivity contribution in [2.45, 2.75) is 44.6 Å². The molecule has 2 fully saturated rings. The fraction of sp³-hybridized carbons (Fsp3) is 1.00. The predicted molar refractivity (Wildman–Crippen MR) is 70.1 cm³/mol. The van der Waals surface area contributed by atoms with E-state index in [9.17, 15) is 0 Å². The highest BCUT2D eigenvalue weighted by atomic mass is 35.5. The fourth-order valence-corrected chi connectivity index (χ4v) is 3.13. The quantitative estimate of drug-likeness (QED) is 0.821. The van der Waals surface area contributed by atoms with Crippen LogP contribution in [0.15, 0.2) is 0 Å². The minimum absolute atomic E-state index is 0. The van der Waals surface area contributed by atoms with Crippen LogP contribution in [-0.2, 0) is 0 Å². The van der Waals surface area contributed by atoms with Crippen LogP contribution in [0.3, 0.4) is 0 Å². The molecule has 2 rings (SSSR count). The van der Waals surface area contributed by atoms with Gasteiger partial charge in [-0.1, -0.05) is 6.42 Å². The average Bonchev–Trinajstić information content (AvgIpc) is 2.19. The Kier molecular flexibility index (Phi) is 7.98. The zero-order chi connectivity index (χ0) is 9.10. The Morgan fingerprint density at radius 1 is 1.00 bits per heavy atom. The maximum Gasteiger partial charge on any atom is 0.0124 e. The van der Waals surface area contributed by atoms with Crippen LogP contribution in [0.5, 0.6) is 0 Å². The first-order chi connectivity index (χ1) is 6.42. The summed E-state index contributed by atoms with van der Waals surface area (Å²) in [5, 5.41) is 0. The maximum absolute atomic E-state index is 5.66. The standard InChI is InChI=1S/C11H22N2.2ClH/c12-7-6-10-4-3-9-13-8-2-1-5-11(10)13;;/h10-11H,1-9,12H2;2*1H/t10-,11+;;/m0../s1. The van der Waals surface area contributed by atoms with Gasteiger partial charge < -0.3 is 10.6 Å². The molecule has 0 spiro atoms. The Balaban J connectivity index is 0.000000980. The normalized spacial score (nSPS) is 31.0. The lowest BCUT2D eigenvalue weighted by Crippen LogP contribution is -2.48. The number of hydrogen-bond acceptors (Lipinski definition) is 2. The van der Waals surface area contributed by atoms with E-state index in [-0.39, 0.29) is 24.8 Å².